The molecule has 2 N–H and O–H groups in total. The molecule has 3 rings (SSSR count). The van der Waals surface area contributed by atoms with Crippen molar-refractivity contribution >= 4 is 23.4 Å². The molecule has 1 atom stereocenters. The SMILES string of the molecule is CCc1ncc(C(F)(F)F)cc1Cl.CS/C(=C\N)C(C)c1ccc(C#N)c(-c2ccccc2C)c1. The lowest BCUT2D eigenvalue weighted by Crippen LogP contribution is -2.06. The molecule has 0 amide bonds. The van der Waals surface area contributed by atoms with Crippen molar-refractivity contribution in [1.29, 1.82) is 5.26 Å². The number of hydrogen-bond acceptors (Lipinski definition) is 4. The van der Waals surface area contributed by atoms with Crippen LogP contribution in [0.25, 0.3) is 11.1 Å². The summed E-state index contributed by atoms with van der Waals surface area (Å²) in [5.74, 6) is 0.218. The number of allylic oxidation sites excluding steroid dienone is 1. The minimum absolute atomic E-state index is 0.0670. The van der Waals surface area contributed by atoms with E-state index in [2.05, 4.69) is 43.1 Å². The molecule has 0 saturated heterocycles. The van der Waals surface area contributed by atoms with Gasteiger partial charge < -0.3 is 5.73 Å². The average Bonchev–Trinajstić information content (AvgIpc) is 2.84. The normalized spacial score (nSPS) is 12.4. The highest BCUT2D eigenvalue weighted by atomic mass is 35.5. The first-order valence-corrected chi connectivity index (χ1v) is 12.4. The maximum absolute atomic E-state index is 12.1. The van der Waals surface area contributed by atoms with Crippen LogP contribution in [-0.4, -0.2) is 11.2 Å². The summed E-state index contributed by atoms with van der Waals surface area (Å²) in [5.41, 5.74) is 10.5. The van der Waals surface area contributed by atoms with Crippen molar-refractivity contribution in [2.24, 2.45) is 5.73 Å². The molecule has 2 aromatic carbocycles. The zero-order valence-corrected chi connectivity index (χ0v) is 21.5. The molecule has 0 spiro atoms. The van der Waals surface area contributed by atoms with Gasteiger partial charge in [0.15, 0.2) is 0 Å². The molecule has 0 radical (unpaired) electrons. The van der Waals surface area contributed by atoms with E-state index in [0.717, 1.165) is 28.3 Å². The Labute approximate surface area is 213 Å². The predicted molar refractivity (Wildman–Crippen MR) is 139 cm³/mol. The van der Waals surface area contributed by atoms with Gasteiger partial charge in [0, 0.05) is 23.2 Å². The molecule has 0 saturated carbocycles. The van der Waals surface area contributed by atoms with E-state index < -0.39 is 11.7 Å². The second-order valence-electron chi connectivity index (χ2n) is 7.73. The maximum atomic E-state index is 12.1. The van der Waals surface area contributed by atoms with Crippen molar-refractivity contribution in [3.8, 4) is 17.2 Å². The molecule has 3 nitrogen and oxygen atoms in total. The van der Waals surface area contributed by atoms with Crippen LogP contribution in [0.2, 0.25) is 5.02 Å². The lowest BCUT2D eigenvalue weighted by atomic mass is 9.91. The average molecular weight is 518 g/mol. The summed E-state index contributed by atoms with van der Waals surface area (Å²) in [6, 6.07) is 17.4. The molecular weight excluding hydrogens is 491 g/mol. The number of alkyl halides is 3. The minimum atomic E-state index is -4.37. The highest BCUT2D eigenvalue weighted by Gasteiger charge is 2.31. The van der Waals surface area contributed by atoms with Crippen molar-refractivity contribution in [3.63, 3.8) is 0 Å². The van der Waals surface area contributed by atoms with Crippen LogP contribution >= 0.6 is 23.4 Å². The molecule has 35 heavy (non-hydrogen) atoms. The highest BCUT2D eigenvalue weighted by molar-refractivity contribution is 8.02. The number of nitrogens with two attached hydrogens (primary N) is 1. The summed E-state index contributed by atoms with van der Waals surface area (Å²) in [4.78, 5) is 4.74. The van der Waals surface area contributed by atoms with Gasteiger partial charge in [-0.1, -0.05) is 55.8 Å². The second-order valence-corrected chi connectivity index (χ2v) is 9.02. The topological polar surface area (TPSA) is 62.7 Å². The fraction of sp³-hybridized carbons (Fsp3) is 0.259. The second kappa shape index (κ2) is 12.7. The van der Waals surface area contributed by atoms with Crippen molar-refractivity contribution in [3.05, 3.63) is 98.8 Å². The molecular formula is C27H27ClF3N3S. The van der Waals surface area contributed by atoms with E-state index in [1.165, 1.54) is 11.1 Å². The number of thioether (sulfide) groups is 1. The molecule has 0 aliphatic rings. The highest BCUT2D eigenvalue weighted by Crippen LogP contribution is 2.35. The van der Waals surface area contributed by atoms with Crippen molar-refractivity contribution < 1.29 is 13.2 Å². The quantitative estimate of drug-likeness (QED) is 0.371. The molecule has 1 unspecified atom stereocenters. The van der Waals surface area contributed by atoms with Crippen LogP contribution in [0.4, 0.5) is 13.2 Å². The molecule has 1 aromatic heterocycles. The van der Waals surface area contributed by atoms with E-state index in [1.54, 1.807) is 24.9 Å². The molecule has 0 bridgehead atoms. The van der Waals surface area contributed by atoms with Gasteiger partial charge in [0.25, 0.3) is 0 Å². The summed E-state index contributed by atoms with van der Waals surface area (Å²) < 4.78 is 36.3. The minimum Gasteiger partial charge on any atom is -0.404 e. The Kier molecular flexibility index (Phi) is 10.2. The van der Waals surface area contributed by atoms with Gasteiger partial charge in [-0.05, 0) is 60.1 Å². The van der Waals surface area contributed by atoms with Crippen LogP contribution in [0.15, 0.2) is 65.8 Å². The number of nitriles is 1. The van der Waals surface area contributed by atoms with Crippen LogP contribution in [0, 0.1) is 18.3 Å². The number of aryl methyl sites for hydroxylation is 2. The maximum Gasteiger partial charge on any atom is 0.417 e. The summed E-state index contributed by atoms with van der Waals surface area (Å²) in [5, 5.41) is 9.48. The standard InChI is InChI=1S/C19H20N2S.C8H7ClF3N/c1-13-6-4-5-7-17(13)18-10-15(8-9-16(18)11-20)14(2)19(12-21)22-3;1-2-7-6(9)3-5(4-13-7)8(10,11)12/h4-10,12,14H,21H2,1-3H3;3-4H,2H2,1H3/b19-12-;. The molecule has 8 heteroatoms. The molecule has 184 valence electrons. The number of pyridine rings is 1. The number of hydrogen-bond donors (Lipinski definition) is 1. The van der Waals surface area contributed by atoms with E-state index in [-0.39, 0.29) is 10.9 Å². The Balaban J connectivity index is 0.000000283. The first kappa shape index (κ1) is 28.3. The lowest BCUT2D eigenvalue weighted by Gasteiger charge is -2.16. The molecule has 1 heterocycles. The Morgan fingerprint density at radius 2 is 1.89 bits per heavy atom. The summed E-state index contributed by atoms with van der Waals surface area (Å²) in [6.45, 7) is 5.99. The first-order chi connectivity index (χ1) is 16.6. The van der Waals surface area contributed by atoms with Crippen LogP contribution in [-0.2, 0) is 12.6 Å². The molecule has 0 fully saturated rings. The van der Waals surface area contributed by atoms with Crippen LogP contribution in [0.1, 0.15) is 47.7 Å². The monoisotopic (exact) mass is 517 g/mol. The third kappa shape index (κ3) is 7.27. The van der Waals surface area contributed by atoms with E-state index in [1.807, 2.05) is 30.5 Å². The van der Waals surface area contributed by atoms with Gasteiger partial charge in [-0.15, -0.1) is 11.8 Å². The molecule has 3 aromatic rings. The van der Waals surface area contributed by atoms with Gasteiger partial charge in [-0.2, -0.15) is 18.4 Å². The molecule has 0 aliphatic heterocycles. The summed E-state index contributed by atoms with van der Waals surface area (Å²) in [7, 11) is 0. The summed E-state index contributed by atoms with van der Waals surface area (Å²) >= 11 is 7.23. The third-order valence-corrected chi connectivity index (χ3v) is 6.79. The fourth-order valence-corrected chi connectivity index (χ4v) is 4.39. The van der Waals surface area contributed by atoms with Crippen molar-refractivity contribution in [1.82, 2.24) is 4.98 Å². The molecule has 0 aliphatic carbocycles. The van der Waals surface area contributed by atoms with Gasteiger partial charge in [0.05, 0.1) is 27.9 Å². The van der Waals surface area contributed by atoms with Gasteiger partial charge in [0.2, 0.25) is 0 Å². The number of aromatic nitrogens is 1. The van der Waals surface area contributed by atoms with E-state index in [0.29, 0.717) is 17.7 Å². The van der Waals surface area contributed by atoms with Crippen LogP contribution in [0.3, 0.4) is 0 Å². The van der Waals surface area contributed by atoms with Gasteiger partial charge in [-0.3, -0.25) is 4.98 Å². The van der Waals surface area contributed by atoms with Gasteiger partial charge >= 0.3 is 6.18 Å². The lowest BCUT2D eigenvalue weighted by molar-refractivity contribution is -0.137. The van der Waals surface area contributed by atoms with E-state index in [4.69, 9.17) is 17.3 Å². The van der Waals surface area contributed by atoms with E-state index in [9.17, 15) is 18.4 Å². The van der Waals surface area contributed by atoms with Gasteiger partial charge in [-0.25, -0.2) is 0 Å². The van der Waals surface area contributed by atoms with Crippen molar-refractivity contribution in [2.45, 2.75) is 39.3 Å². The smallest absolute Gasteiger partial charge is 0.404 e. The zero-order valence-electron chi connectivity index (χ0n) is 19.9. The number of rotatable bonds is 5. The third-order valence-electron chi connectivity index (χ3n) is 5.51. The Bertz CT molecular complexity index is 1230. The Morgan fingerprint density at radius 3 is 2.40 bits per heavy atom. The number of halogens is 4. The van der Waals surface area contributed by atoms with Crippen LogP contribution < -0.4 is 5.73 Å². The fourth-order valence-electron chi connectivity index (χ4n) is 3.46. The largest absolute Gasteiger partial charge is 0.417 e. The number of benzene rings is 2. The van der Waals surface area contributed by atoms with Gasteiger partial charge in [0.1, 0.15) is 0 Å². The predicted octanol–water partition coefficient (Wildman–Crippen LogP) is 8.12. The zero-order chi connectivity index (χ0) is 26.2. The van der Waals surface area contributed by atoms with E-state index >= 15 is 0 Å². The summed E-state index contributed by atoms with van der Waals surface area (Å²) in [6.07, 6.45) is 0.646. The van der Waals surface area contributed by atoms with Crippen LogP contribution in [0.5, 0.6) is 0 Å². The Hall–Kier alpha value is -2.95. The first-order valence-electron chi connectivity index (χ1n) is 10.8. The Morgan fingerprint density at radius 1 is 1.20 bits per heavy atom. The number of nitrogens with zero attached hydrogens (tertiary/aromatic N) is 2. The van der Waals surface area contributed by atoms with Crippen molar-refractivity contribution in [2.75, 3.05) is 6.26 Å².